The van der Waals surface area contributed by atoms with Crippen LogP contribution in [-0.4, -0.2) is 28.1 Å². The molecule has 1 aliphatic rings. The molecular formula is C16H14BrN3O2S2. The number of carbonyl (C=O) groups is 1. The Bertz CT molecular complexity index is 848. The Kier molecular flexibility index (Phi) is 5.17. The number of benzene rings is 1. The lowest BCUT2D eigenvalue weighted by atomic mass is 10.1. The van der Waals surface area contributed by atoms with E-state index in [4.69, 9.17) is 10.1 Å². The number of hydrogen-bond donors (Lipinski definition) is 1. The van der Waals surface area contributed by atoms with Gasteiger partial charge in [-0.05, 0) is 46.1 Å². The summed E-state index contributed by atoms with van der Waals surface area (Å²) in [6.45, 7) is 1.99. The van der Waals surface area contributed by atoms with Crippen molar-refractivity contribution < 1.29 is 9.53 Å². The quantitative estimate of drug-likeness (QED) is 0.742. The van der Waals surface area contributed by atoms with E-state index in [2.05, 4.69) is 26.1 Å². The van der Waals surface area contributed by atoms with Crippen molar-refractivity contribution >= 4 is 55.9 Å². The number of ether oxygens (including phenoxy) is 1. The summed E-state index contributed by atoms with van der Waals surface area (Å²) in [6, 6.07) is 5.60. The Balaban J connectivity index is 1.89. The molecular weight excluding hydrogens is 410 g/mol. The van der Waals surface area contributed by atoms with E-state index in [1.165, 1.54) is 23.1 Å². The van der Waals surface area contributed by atoms with Gasteiger partial charge >= 0.3 is 0 Å². The number of carbonyl (C=O) groups excluding carboxylic acids is 1. The number of ketones is 1. The number of nitrogens with one attached hydrogen (secondary N) is 1. The van der Waals surface area contributed by atoms with E-state index in [0.29, 0.717) is 15.0 Å². The number of nitrogens with zero attached hydrogens (tertiary/aromatic N) is 2. The van der Waals surface area contributed by atoms with E-state index in [0.717, 1.165) is 27.2 Å². The highest BCUT2D eigenvalue weighted by molar-refractivity contribution is 9.10. The fraction of sp³-hybridized carbons (Fsp3) is 0.250. The van der Waals surface area contributed by atoms with Crippen molar-refractivity contribution in [1.82, 2.24) is 10.2 Å². The van der Waals surface area contributed by atoms with Gasteiger partial charge in [0, 0.05) is 0 Å². The molecule has 0 bridgehead atoms. The summed E-state index contributed by atoms with van der Waals surface area (Å²) in [5.41, 5.74) is 0.874. The molecule has 24 heavy (non-hydrogen) atoms. The minimum atomic E-state index is -0.610. The second-order valence-corrected chi connectivity index (χ2v) is 8.09. The van der Waals surface area contributed by atoms with Crippen molar-refractivity contribution in [3.8, 4) is 5.75 Å². The lowest BCUT2D eigenvalue weighted by Crippen LogP contribution is -2.11. The normalized spacial score (nSPS) is 19.3. The summed E-state index contributed by atoms with van der Waals surface area (Å²) in [4.78, 5) is 13.3. The number of allylic oxidation sites excluding steroid dienone is 1. The zero-order chi connectivity index (χ0) is 17.3. The summed E-state index contributed by atoms with van der Waals surface area (Å²) in [7, 11) is 1.60. The maximum Gasteiger partial charge on any atom is 0.186 e. The minimum Gasteiger partial charge on any atom is -0.496 e. The van der Waals surface area contributed by atoms with Crippen molar-refractivity contribution in [2.24, 2.45) is 0 Å². The van der Waals surface area contributed by atoms with Gasteiger partial charge < -0.3 is 4.74 Å². The van der Waals surface area contributed by atoms with E-state index in [1.807, 2.05) is 25.1 Å². The van der Waals surface area contributed by atoms with Crippen LogP contribution >= 0.6 is 39.0 Å². The van der Waals surface area contributed by atoms with Gasteiger partial charge in [0.15, 0.2) is 5.78 Å². The molecule has 0 radical (unpaired) electrons. The lowest BCUT2D eigenvalue weighted by molar-refractivity contribution is -0.114. The van der Waals surface area contributed by atoms with Crippen LogP contribution < -0.4 is 4.74 Å². The van der Waals surface area contributed by atoms with Crippen LogP contribution in [0.1, 0.15) is 28.4 Å². The molecule has 1 aromatic carbocycles. The Hall–Kier alpha value is -1.51. The first kappa shape index (κ1) is 17.3. The molecule has 5 nitrogen and oxygen atoms in total. The number of hydrogen-bond acceptors (Lipinski definition) is 7. The van der Waals surface area contributed by atoms with Gasteiger partial charge in [-0.3, -0.25) is 10.2 Å². The van der Waals surface area contributed by atoms with Crippen molar-refractivity contribution in [3.63, 3.8) is 0 Å². The van der Waals surface area contributed by atoms with Crippen LogP contribution in [0.3, 0.4) is 0 Å². The fourth-order valence-electron chi connectivity index (χ4n) is 2.26. The Labute approximate surface area is 156 Å². The molecule has 1 saturated heterocycles. The Morgan fingerprint density at radius 3 is 2.83 bits per heavy atom. The molecule has 1 fully saturated rings. The zero-order valence-corrected chi connectivity index (χ0v) is 16.2. The maximum absolute atomic E-state index is 12.7. The first-order valence-corrected chi connectivity index (χ1v) is 9.64. The standard InChI is InChI=1S/C16H14BrN3O2S2/c1-3-12-19-20-16(24-12)13-14(21)11(23-15(13)18)7-8-4-5-10(22-2)9(17)6-8/h4-7,13,18H,3H2,1-2H3. The molecule has 1 unspecified atom stereocenters. The number of methoxy groups -OCH3 is 1. The van der Waals surface area contributed by atoms with Crippen LogP contribution in [0.5, 0.6) is 5.75 Å². The van der Waals surface area contributed by atoms with Crippen LogP contribution in [0.4, 0.5) is 0 Å². The number of rotatable bonds is 4. The molecule has 0 aliphatic carbocycles. The van der Waals surface area contributed by atoms with Crippen LogP contribution in [0.15, 0.2) is 27.6 Å². The van der Waals surface area contributed by atoms with E-state index in [1.54, 1.807) is 13.2 Å². The molecule has 1 aliphatic heterocycles. The molecule has 8 heteroatoms. The Morgan fingerprint density at radius 1 is 1.42 bits per heavy atom. The van der Waals surface area contributed by atoms with Crippen LogP contribution in [0.25, 0.3) is 6.08 Å². The van der Waals surface area contributed by atoms with Gasteiger partial charge in [-0.25, -0.2) is 0 Å². The van der Waals surface area contributed by atoms with Gasteiger partial charge in [0.25, 0.3) is 0 Å². The second-order valence-electron chi connectivity index (χ2n) is 5.05. The number of aromatic nitrogens is 2. The number of thioether (sulfide) groups is 1. The minimum absolute atomic E-state index is 0.0873. The van der Waals surface area contributed by atoms with E-state index in [-0.39, 0.29) is 5.78 Å². The van der Waals surface area contributed by atoms with Gasteiger partial charge in [-0.15, -0.1) is 21.5 Å². The molecule has 124 valence electrons. The first-order valence-electron chi connectivity index (χ1n) is 7.21. The largest absolute Gasteiger partial charge is 0.496 e. The molecule has 1 N–H and O–H groups in total. The van der Waals surface area contributed by atoms with E-state index >= 15 is 0 Å². The fourth-order valence-corrected chi connectivity index (χ4v) is 4.78. The third-order valence-electron chi connectivity index (χ3n) is 3.49. The Morgan fingerprint density at radius 2 is 2.21 bits per heavy atom. The van der Waals surface area contributed by atoms with Crippen molar-refractivity contribution in [1.29, 1.82) is 5.41 Å². The molecule has 1 atom stereocenters. The predicted octanol–water partition coefficient (Wildman–Crippen LogP) is 4.29. The lowest BCUT2D eigenvalue weighted by Gasteiger charge is -2.04. The summed E-state index contributed by atoms with van der Waals surface area (Å²) in [5.74, 6) is 0.0330. The van der Waals surface area contributed by atoms with Gasteiger partial charge in [-0.1, -0.05) is 24.8 Å². The maximum atomic E-state index is 12.7. The second kappa shape index (κ2) is 7.16. The third kappa shape index (κ3) is 3.31. The van der Waals surface area contributed by atoms with Gasteiger partial charge in [0.2, 0.25) is 0 Å². The monoisotopic (exact) mass is 423 g/mol. The third-order valence-corrected chi connectivity index (χ3v) is 6.24. The van der Waals surface area contributed by atoms with Gasteiger partial charge in [-0.2, -0.15) is 0 Å². The molecule has 2 aromatic rings. The summed E-state index contributed by atoms with van der Waals surface area (Å²) in [6.07, 6.45) is 2.58. The SMILES string of the molecule is CCc1nnc(C2C(=N)SC(=Cc3ccc(OC)c(Br)c3)C2=O)s1. The number of halogens is 1. The topological polar surface area (TPSA) is 75.9 Å². The number of aryl methyl sites for hydroxylation is 1. The highest BCUT2D eigenvalue weighted by Crippen LogP contribution is 2.41. The van der Waals surface area contributed by atoms with Crippen LogP contribution in [0, 0.1) is 5.41 Å². The molecule has 3 rings (SSSR count). The summed E-state index contributed by atoms with van der Waals surface area (Å²) < 4.78 is 6.03. The average molecular weight is 424 g/mol. The smallest absolute Gasteiger partial charge is 0.186 e. The van der Waals surface area contributed by atoms with Crippen molar-refractivity contribution in [2.75, 3.05) is 7.11 Å². The van der Waals surface area contributed by atoms with Crippen LogP contribution in [0.2, 0.25) is 0 Å². The van der Waals surface area contributed by atoms with Gasteiger partial charge in [0.05, 0.1) is 21.5 Å². The summed E-state index contributed by atoms with van der Waals surface area (Å²) >= 11 is 6.03. The molecule has 0 amide bonds. The van der Waals surface area contributed by atoms with Crippen molar-refractivity contribution in [3.05, 3.63) is 43.2 Å². The molecule has 1 aromatic heterocycles. The van der Waals surface area contributed by atoms with Gasteiger partial charge in [0.1, 0.15) is 21.7 Å². The van der Waals surface area contributed by atoms with Crippen LogP contribution in [-0.2, 0) is 11.2 Å². The summed E-state index contributed by atoms with van der Waals surface area (Å²) in [5, 5.41) is 18.1. The van der Waals surface area contributed by atoms with E-state index < -0.39 is 5.92 Å². The first-order chi connectivity index (χ1) is 11.5. The molecule has 0 spiro atoms. The number of Topliss-reactive ketones (excluding diaryl/α,β-unsaturated/α-hetero) is 1. The highest BCUT2D eigenvalue weighted by atomic mass is 79.9. The molecule has 2 heterocycles. The molecule has 0 saturated carbocycles. The highest BCUT2D eigenvalue weighted by Gasteiger charge is 2.39. The van der Waals surface area contributed by atoms with Crippen molar-refractivity contribution in [2.45, 2.75) is 19.3 Å². The average Bonchev–Trinajstić information content (AvgIpc) is 3.12. The van der Waals surface area contributed by atoms with E-state index in [9.17, 15) is 4.79 Å². The zero-order valence-electron chi connectivity index (χ0n) is 13.0. The predicted molar refractivity (Wildman–Crippen MR) is 101 cm³/mol.